The molecule has 1 fully saturated rings. The maximum Gasteiger partial charge on any atom is 0.238 e. The number of nitrogens with zero attached hydrogens (tertiary/aromatic N) is 1. The largest absolute Gasteiger partial charge is 0.325 e. The fourth-order valence-electron chi connectivity index (χ4n) is 1.93. The first kappa shape index (κ1) is 11.2. The molecule has 1 amide bonds. The van der Waals surface area contributed by atoms with Gasteiger partial charge in [0.1, 0.15) is 0 Å². The van der Waals surface area contributed by atoms with Crippen LogP contribution in [0.1, 0.15) is 12.8 Å². The minimum atomic E-state index is -0.00508. The van der Waals surface area contributed by atoms with Gasteiger partial charge in [-0.2, -0.15) is 5.10 Å². The summed E-state index contributed by atoms with van der Waals surface area (Å²) in [5, 5.41) is 13.9. The first-order chi connectivity index (χ1) is 8.81. The second-order valence-electron chi connectivity index (χ2n) is 4.79. The van der Waals surface area contributed by atoms with Gasteiger partial charge in [-0.1, -0.05) is 0 Å². The molecule has 0 bridgehead atoms. The molecule has 0 unspecified atom stereocenters. The molecule has 3 N–H and O–H groups in total. The SMILES string of the molecule is O=C(CNCC1CC1)Nc1ccc2cn[nH]c2c1. The van der Waals surface area contributed by atoms with Crippen molar-refractivity contribution in [1.29, 1.82) is 0 Å². The summed E-state index contributed by atoms with van der Waals surface area (Å²) in [4.78, 5) is 11.7. The second-order valence-corrected chi connectivity index (χ2v) is 4.79. The fourth-order valence-corrected chi connectivity index (χ4v) is 1.93. The molecule has 1 aromatic heterocycles. The highest BCUT2D eigenvalue weighted by atomic mass is 16.1. The smallest absolute Gasteiger partial charge is 0.238 e. The maximum absolute atomic E-state index is 11.7. The lowest BCUT2D eigenvalue weighted by Crippen LogP contribution is -2.29. The molecule has 5 heteroatoms. The zero-order chi connectivity index (χ0) is 12.4. The number of fused-ring (bicyclic) bond motifs is 1. The molecule has 1 heterocycles. The summed E-state index contributed by atoms with van der Waals surface area (Å²) >= 11 is 0. The third-order valence-electron chi connectivity index (χ3n) is 3.14. The van der Waals surface area contributed by atoms with Crippen molar-refractivity contribution >= 4 is 22.5 Å². The van der Waals surface area contributed by atoms with Gasteiger partial charge in [-0.3, -0.25) is 9.89 Å². The Hall–Kier alpha value is -1.88. The molecule has 18 heavy (non-hydrogen) atoms. The van der Waals surface area contributed by atoms with Gasteiger partial charge in [-0.15, -0.1) is 0 Å². The van der Waals surface area contributed by atoms with Crippen LogP contribution in [0.4, 0.5) is 5.69 Å². The lowest BCUT2D eigenvalue weighted by atomic mass is 10.2. The molecular weight excluding hydrogens is 228 g/mol. The van der Waals surface area contributed by atoms with E-state index in [0.717, 1.165) is 29.1 Å². The topological polar surface area (TPSA) is 69.8 Å². The van der Waals surface area contributed by atoms with E-state index in [1.807, 2.05) is 18.2 Å². The minimum absolute atomic E-state index is 0.00508. The Morgan fingerprint density at radius 1 is 1.44 bits per heavy atom. The number of carbonyl (C=O) groups is 1. The van der Waals surface area contributed by atoms with Gasteiger partial charge in [0, 0.05) is 11.1 Å². The minimum Gasteiger partial charge on any atom is -0.325 e. The van der Waals surface area contributed by atoms with E-state index in [0.29, 0.717) is 6.54 Å². The van der Waals surface area contributed by atoms with Crippen LogP contribution < -0.4 is 10.6 Å². The monoisotopic (exact) mass is 244 g/mol. The summed E-state index contributed by atoms with van der Waals surface area (Å²) < 4.78 is 0. The van der Waals surface area contributed by atoms with Crippen LogP contribution >= 0.6 is 0 Å². The average Bonchev–Trinajstić information content (AvgIpc) is 3.06. The van der Waals surface area contributed by atoms with Crippen molar-refractivity contribution in [2.24, 2.45) is 5.92 Å². The van der Waals surface area contributed by atoms with E-state index in [1.165, 1.54) is 12.8 Å². The van der Waals surface area contributed by atoms with Crippen molar-refractivity contribution in [1.82, 2.24) is 15.5 Å². The Morgan fingerprint density at radius 3 is 3.17 bits per heavy atom. The lowest BCUT2D eigenvalue weighted by molar-refractivity contribution is -0.115. The first-order valence-corrected chi connectivity index (χ1v) is 6.25. The molecule has 1 saturated carbocycles. The summed E-state index contributed by atoms with van der Waals surface area (Å²) in [6.07, 6.45) is 4.36. The van der Waals surface area contributed by atoms with E-state index in [2.05, 4.69) is 20.8 Å². The van der Waals surface area contributed by atoms with Crippen LogP contribution in [0.25, 0.3) is 10.9 Å². The van der Waals surface area contributed by atoms with Gasteiger partial charge >= 0.3 is 0 Å². The van der Waals surface area contributed by atoms with Crippen LogP contribution in [0.15, 0.2) is 24.4 Å². The molecule has 2 aromatic rings. The molecule has 1 aliphatic carbocycles. The Balaban J connectivity index is 1.55. The van der Waals surface area contributed by atoms with Gasteiger partial charge in [0.2, 0.25) is 5.91 Å². The van der Waals surface area contributed by atoms with E-state index in [4.69, 9.17) is 0 Å². The zero-order valence-electron chi connectivity index (χ0n) is 10.1. The summed E-state index contributed by atoms with van der Waals surface area (Å²) in [5.74, 6) is 0.786. The summed E-state index contributed by atoms with van der Waals surface area (Å²) in [6, 6.07) is 5.71. The van der Waals surface area contributed by atoms with Gasteiger partial charge in [0.15, 0.2) is 0 Å². The fraction of sp³-hybridized carbons (Fsp3) is 0.385. The summed E-state index contributed by atoms with van der Waals surface area (Å²) in [7, 11) is 0. The number of aromatic amines is 1. The number of H-pyrrole nitrogens is 1. The van der Waals surface area contributed by atoms with Gasteiger partial charge in [0.05, 0.1) is 18.3 Å². The molecule has 5 nitrogen and oxygen atoms in total. The average molecular weight is 244 g/mol. The number of anilines is 1. The molecule has 0 atom stereocenters. The zero-order valence-corrected chi connectivity index (χ0v) is 10.1. The third kappa shape index (κ3) is 2.68. The van der Waals surface area contributed by atoms with Crippen LogP contribution in [0.5, 0.6) is 0 Å². The van der Waals surface area contributed by atoms with Crippen molar-refractivity contribution in [3.63, 3.8) is 0 Å². The van der Waals surface area contributed by atoms with Gasteiger partial charge in [-0.05, 0) is 43.5 Å². The molecule has 1 aliphatic rings. The van der Waals surface area contributed by atoms with E-state index in [9.17, 15) is 4.79 Å². The quantitative estimate of drug-likeness (QED) is 0.746. The number of hydrogen-bond acceptors (Lipinski definition) is 3. The van der Waals surface area contributed by atoms with Gasteiger partial charge in [0.25, 0.3) is 0 Å². The number of benzene rings is 1. The number of nitrogens with one attached hydrogen (secondary N) is 3. The predicted octanol–water partition coefficient (Wildman–Crippen LogP) is 1.50. The van der Waals surface area contributed by atoms with Crippen molar-refractivity contribution in [2.45, 2.75) is 12.8 Å². The number of hydrogen-bond donors (Lipinski definition) is 3. The van der Waals surface area contributed by atoms with E-state index in [1.54, 1.807) is 6.20 Å². The van der Waals surface area contributed by atoms with Gasteiger partial charge in [-0.25, -0.2) is 0 Å². The standard InChI is InChI=1S/C13H16N4O/c18-13(8-14-6-9-1-2-9)16-11-4-3-10-7-15-17-12(10)5-11/h3-5,7,9,14H,1-2,6,8H2,(H,15,17)(H,16,18). The van der Waals surface area contributed by atoms with Crippen LogP contribution in [-0.4, -0.2) is 29.2 Å². The molecular formula is C13H16N4O. The van der Waals surface area contributed by atoms with Gasteiger partial charge < -0.3 is 10.6 Å². The van der Waals surface area contributed by atoms with E-state index >= 15 is 0 Å². The summed E-state index contributed by atoms with van der Waals surface area (Å²) in [6.45, 7) is 1.32. The van der Waals surface area contributed by atoms with Crippen molar-refractivity contribution in [2.75, 3.05) is 18.4 Å². The van der Waals surface area contributed by atoms with Crippen molar-refractivity contribution in [3.05, 3.63) is 24.4 Å². The molecule has 1 aromatic carbocycles. The Labute approximate surface area is 105 Å². The summed E-state index contributed by atoms with van der Waals surface area (Å²) in [5.41, 5.74) is 1.73. The second kappa shape index (κ2) is 4.78. The van der Waals surface area contributed by atoms with E-state index in [-0.39, 0.29) is 5.91 Å². The van der Waals surface area contributed by atoms with Crippen LogP contribution in [0.2, 0.25) is 0 Å². The van der Waals surface area contributed by atoms with Crippen LogP contribution in [0, 0.1) is 5.92 Å². The number of aromatic nitrogens is 2. The Bertz CT molecular complexity index is 559. The normalized spacial score (nSPS) is 14.9. The molecule has 3 rings (SSSR count). The lowest BCUT2D eigenvalue weighted by Gasteiger charge is -2.06. The Kier molecular flexibility index (Phi) is 2.98. The van der Waals surface area contributed by atoms with Crippen LogP contribution in [-0.2, 0) is 4.79 Å². The number of rotatable bonds is 5. The van der Waals surface area contributed by atoms with E-state index < -0.39 is 0 Å². The van der Waals surface area contributed by atoms with Crippen molar-refractivity contribution < 1.29 is 4.79 Å². The highest BCUT2D eigenvalue weighted by Crippen LogP contribution is 2.27. The van der Waals surface area contributed by atoms with Crippen molar-refractivity contribution in [3.8, 4) is 0 Å². The Morgan fingerprint density at radius 2 is 2.33 bits per heavy atom. The molecule has 0 spiro atoms. The molecule has 0 radical (unpaired) electrons. The number of amides is 1. The molecule has 94 valence electrons. The molecule has 0 aliphatic heterocycles. The third-order valence-corrected chi connectivity index (χ3v) is 3.14. The number of carbonyl (C=O) groups excluding carboxylic acids is 1. The highest BCUT2D eigenvalue weighted by molar-refractivity contribution is 5.94. The first-order valence-electron chi connectivity index (χ1n) is 6.25. The maximum atomic E-state index is 11.7. The predicted molar refractivity (Wildman–Crippen MR) is 70.3 cm³/mol. The highest BCUT2D eigenvalue weighted by Gasteiger charge is 2.20. The van der Waals surface area contributed by atoms with Crippen LogP contribution in [0.3, 0.4) is 0 Å². The molecule has 0 saturated heterocycles.